The molecule has 1 aromatic heterocycles. The van der Waals surface area contributed by atoms with Gasteiger partial charge in [0.1, 0.15) is 0 Å². The van der Waals surface area contributed by atoms with Gasteiger partial charge in [0.25, 0.3) is 0 Å². The van der Waals surface area contributed by atoms with Gasteiger partial charge in [-0.25, -0.2) is 13.1 Å². The number of nitrogens with one attached hydrogen (secondary N) is 1. The number of nitrogens with zero attached hydrogens (tertiary/aromatic N) is 1. The van der Waals surface area contributed by atoms with Crippen LogP contribution in [0.1, 0.15) is 66.0 Å². The van der Waals surface area contributed by atoms with E-state index in [2.05, 4.69) is 10.8 Å². The summed E-state index contributed by atoms with van der Waals surface area (Å²) < 4.78 is 29.5. The number of sulfonamides is 1. The van der Waals surface area contributed by atoms with Crippen molar-refractivity contribution >= 4 is 33.0 Å². The van der Waals surface area contributed by atoms with Crippen LogP contribution in [-0.4, -0.2) is 32.5 Å². The Hall–Kier alpha value is -1.74. The maximum absolute atomic E-state index is 13.3. The summed E-state index contributed by atoms with van der Waals surface area (Å²) in [6, 6.07) is 7.51. The lowest BCUT2D eigenvalue weighted by Gasteiger charge is -2.29. The maximum Gasteiger partial charge on any atom is 0.240 e. The van der Waals surface area contributed by atoms with Crippen LogP contribution in [0.4, 0.5) is 5.69 Å². The quantitative estimate of drug-likeness (QED) is 0.692. The van der Waals surface area contributed by atoms with E-state index in [9.17, 15) is 18.3 Å². The van der Waals surface area contributed by atoms with Gasteiger partial charge in [-0.05, 0) is 68.0 Å². The van der Waals surface area contributed by atoms with Gasteiger partial charge in [0, 0.05) is 34.7 Å². The number of carbonyl (C=O) groups excluding carboxylic acids is 1. The monoisotopic (exact) mass is 460 g/mol. The second kappa shape index (κ2) is 7.69. The summed E-state index contributed by atoms with van der Waals surface area (Å²) >= 11 is 1.59. The van der Waals surface area contributed by atoms with Crippen LogP contribution in [0.25, 0.3) is 0 Å². The molecule has 0 radical (unpaired) electrons. The van der Waals surface area contributed by atoms with Crippen LogP contribution >= 0.6 is 11.3 Å². The van der Waals surface area contributed by atoms with E-state index < -0.39 is 16.1 Å². The van der Waals surface area contributed by atoms with Gasteiger partial charge in [0.05, 0.1) is 16.7 Å². The summed E-state index contributed by atoms with van der Waals surface area (Å²) in [5.74, 6) is 0.135. The summed E-state index contributed by atoms with van der Waals surface area (Å²) in [7, 11) is -3.66. The molecule has 0 saturated heterocycles. The lowest BCUT2D eigenvalue weighted by atomic mass is 9.85. The van der Waals surface area contributed by atoms with Gasteiger partial charge in [-0.1, -0.05) is 12.8 Å². The largest absolute Gasteiger partial charge is 0.388 e. The molecule has 31 heavy (non-hydrogen) atoms. The number of hydrogen-bond acceptors (Lipinski definition) is 5. The molecule has 6 nitrogen and oxygen atoms in total. The third kappa shape index (κ3) is 3.63. The Labute approximate surface area is 187 Å². The maximum atomic E-state index is 13.3. The van der Waals surface area contributed by atoms with Crippen LogP contribution in [0.5, 0.6) is 0 Å². The lowest BCUT2D eigenvalue weighted by Crippen LogP contribution is -2.38. The third-order valence-electron chi connectivity index (χ3n) is 7.06. The smallest absolute Gasteiger partial charge is 0.240 e. The highest BCUT2D eigenvalue weighted by atomic mass is 32.2. The summed E-state index contributed by atoms with van der Waals surface area (Å²) in [6.07, 6.45) is 5.29. The fraction of sp³-hybridized carbons (Fsp3) is 0.522. The molecule has 1 saturated carbocycles. The Kier molecular flexibility index (Phi) is 5.24. The Morgan fingerprint density at radius 1 is 1.16 bits per heavy atom. The van der Waals surface area contributed by atoms with Crippen molar-refractivity contribution in [3.05, 3.63) is 45.1 Å². The van der Waals surface area contributed by atoms with Crippen LogP contribution in [-0.2, 0) is 33.1 Å². The SMILES string of the molecule is CC(O)c1ccc(C2(CNS(=O)(=O)c3cc4c5c(c3)CCN5C(=O)CC4)CCCC2)s1. The second-order valence-corrected chi connectivity index (χ2v) is 12.0. The summed E-state index contributed by atoms with van der Waals surface area (Å²) in [4.78, 5) is 16.3. The normalized spacial score (nSPS) is 20.8. The van der Waals surface area contributed by atoms with Gasteiger partial charge in [-0.2, -0.15) is 0 Å². The van der Waals surface area contributed by atoms with Gasteiger partial charge in [0.15, 0.2) is 0 Å². The molecule has 1 fully saturated rings. The number of aliphatic hydroxyl groups excluding tert-OH is 1. The van der Waals surface area contributed by atoms with Crippen molar-refractivity contribution < 1.29 is 18.3 Å². The van der Waals surface area contributed by atoms with Gasteiger partial charge in [-0.15, -0.1) is 11.3 Å². The van der Waals surface area contributed by atoms with E-state index in [-0.39, 0.29) is 11.3 Å². The standard InChI is InChI=1S/C23H28N2O4S2/c1-15(26)19-5-6-20(30-19)23(9-2-3-10-23)14-24-31(28,29)18-12-16-4-7-21(27)25-11-8-17(13-18)22(16)25/h5-6,12-13,15,24,26H,2-4,7-11,14H2,1H3. The third-order valence-corrected chi connectivity index (χ3v) is 9.94. The van der Waals surface area contributed by atoms with Crippen LogP contribution in [0, 0.1) is 0 Å². The number of rotatable bonds is 6. The van der Waals surface area contributed by atoms with Crippen LogP contribution < -0.4 is 9.62 Å². The number of amides is 1. The minimum atomic E-state index is -3.66. The fourth-order valence-electron chi connectivity index (χ4n) is 5.32. The molecule has 3 heterocycles. The summed E-state index contributed by atoms with van der Waals surface area (Å²) in [6.45, 7) is 2.77. The Morgan fingerprint density at radius 3 is 2.55 bits per heavy atom. The molecule has 2 aromatic rings. The zero-order chi connectivity index (χ0) is 21.8. The van der Waals surface area contributed by atoms with Gasteiger partial charge in [0.2, 0.25) is 15.9 Å². The number of hydrogen-bond donors (Lipinski definition) is 2. The molecule has 166 valence electrons. The number of thiophene rings is 1. The zero-order valence-corrected chi connectivity index (χ0v) is 19.3. The Bertz CT molecular complexity index is 1130. The zero-order valence-electron chi connectivity index (χ0n) is 17.7. The van der Waals surface area contributed by atoms with Crippen molar-refractivity contribution in [2.24, 2.45) is 0 Å². The first kappa shape index (κ1) is 21.1. The number of aliphatic hydroxyl groups is 1. The molecule has 3 aliphatic rings. The summed E-state index contributed by atoms with van der Waals surface area (Å²) in [5.41, 5.74) is 2.65. The van der Waals surface area contributed by atoms with Crippen molar-refractivity contribution in [3.63, 3.8) is 0 Å². The Morgan fingerprint density at radius 2 is 1.87 bits per heavy atom. The molecular weight excluding hydrogens is 432 g/mol. The first-order chi connectivity index (χ1) is 14.8. The predicted octanol–water partition coefficient (Wildman–Crippen LogP) is 3.43. The average molecular weight is 461 g/mol. The van der Waals surface area contributed by atoms with E-state index >= 15 is 0 Å². The lowest BCUT2D eigenvalue weighted by molar-refractivity contribution is -0.118. The minimum absolute atomic E-state index is 0.135. The highest BCUT2D eigenvalue weighted by Gasteiger charge is 2.39. The van der Waals surface area contributed by atoms with E-state index in [1.165, 1.54) is 0 Å². The molecule has 2 N–H and O–H groups in total. The van der Waals surface area contributed by atoms with Crippen molar-refractivity contribution in [3.8, 4) is 0 Å². The van der Waals surface area contributed by atoms with E-state index in [0.29, 0.717) is 37.2 Å². The fourth-order valence-corrected chi connectivity index (χ4v) is 7.74. The number of benzene rings is 1. The first-order valence-electron chi connectivity index (χ1n) is 11.0. The van der Waals surface area contributed by atoms with Gasteiger partial charge in [-0.3, -0.25) is 4.79 Å². The molecule has 0 bridgehead atoms. The summed E-state index contributed by atoms with van der Waals surface area (Å²) in [5, 5.41) is 9.91. The predicted molar refractivity (Wildman–Crippen MR) is 121 cm³/mol. The average Bonchev–Trinajstić information content (AvgIpc) is 3.49. The number of carbonyl (C=O) groups is 1. The van der Waals surface area contributed by atoms with E-state index in [4.69, 9.17) is 0 Å². The van der Waals surface area contributed by atoms with Crippen molar-refractivity contribution in [2.75, 3.05) is 18.0 Å². The van der Waals surface area contributed by atoms with Crippen molar-refractivity contribution in [1.29, 1.82) is 0 Å². The van der Waals surface area contributed by atoms with Crippen LogP contribution in [0.15, 0.2) is 29.2 Å². The van der Waals surface area contributed by atoms with Crippen molar-refractivity contribution in [1.82, 2.24) is 4.72 Å². The molecule has 1 atom stereocenters. The highest BCUT2D eigenvalue weighted by Crippen LogP contribution is 2.45. The van der Waals surface area contributed by atoms with E-state index in [0.717, 1.165) is 52.3 Å². The molecule has 1 amide bonds. The number of aryl methyl sites for hydroxylation is 1. The molecular formula is C23H28N2O4S2. The molecule has 5 rings (SSSR count). The van der Waals surface area contributed by atoms with Crippen LogP contribution in [0.2, 0.25) is 0 Å². The minimum Gasteiger partial charge on any atom is -0.388 e. The molecule has 8 heteroatoms. The van der Waals surface area contributed by atoms with Crippen molar-refractivity contribution in [2.45, 2.75) is 68.3 Å². The topological polar surface area (TPSA) is 86.7 Å². The second-order valence-electron chi connectivity index (χ2n) is 9.08. The molecule has 1 aromatic carbocycles. The number of anilines is 1. The van der Waals surface area contributed by atoms with Gasteiger partial charge < -0.3 is 10.0 Å². The molecule has 2 aliphatic heterocycles. The molecule has 0 spiro atoms. The molecule has 1 unspecified atom stereocenters. The highest BCUT2D eigenvalue weighted by molar-refractivity contribution is 7.89. The van der Waals surface area contributed by atoms with E-state index in [1.54, 1.807) is 30.4 Å². The van der Waals surface area contributed by atoms with E-state index in [1.807, 2.05) is 11.0 Å². The van der Waals surface area contributed by atoms with Crippen LogP contribution in [0.3, 0.4) is 0 Å². The molecule has 1 aliphatic carbocycles. The Balaban J connectivity index is 1.41. The van der Waals surface area contributed by atoms with Gasteiger partial charge >= 0.3 is 0 Å². The first-order valence-corrected chi connectivity index (χ1v) is 13.3.